The first-order valence-corrected chi connectivity index (χ1v) is 4.68. The molecule has 0 aromatic heterocycles. The second kappa shape index (κ2) is 3.42. The minimum atomic E-state index is 0.133. The number of ketones is 1. The Balaban J connectivity index is 2.56. The van der Waals surface area contributed by atoms with Crippen LogP contribution in [-0.4, -0.2) is 19.4 Å². The highest BCUT2D eigenvalue weighted by Gasteiger charge is 2.30. The topological polar surface area (TPSA) is 52.3 Å². The zero-order chi connectivity index (χ0) is 10.1. The van der Waals surface area contributed by atoms with Gasteiger partial charge in [0.05, 0.1) is 7.11 Å². The SMILES string of the molecule is COc1cccc2c1C(CN)CC2=O. The first-order chi connectivity index (χ1) is 6.77. The number of ether oxygens (including phenoxy) is 1. The monoisotopic (exact) mass is 191 g/mol. The molecule has 2 N–H and O–H groups in total. The summed E-state index contributed by atoms with van der Waals surface area (Å²) in [4.78, 5) is 11.6. The number of rotatable bonds is 2. The van der Waals surface area contributed by atoms with Crippen molar-refractivity contribution >= 4 is 5.78 Å². The fraction of sp³-hybridized carbons (Fsp3) is 0.364. The van der Waals surface area contributed by atoms with E-state index in [0.29, 0.717) is 13.0 Å². The molecule has 0 saturated heterocycles. The van der Waals surface area contributed by atoms with Crippen LogP contribution in [0.1, 0.15) is 28.3 Å². The standard InChI is InChI=1S/C11H13NO2/c1-14-10-4-2-3-8-9(13)5-7(6-12)11(8)10/h2-4,7H,5-6,12H2,1H3. The molecule has 0 aliphatic heterocycles. The van der Waals surface area contributed by atoms with Gasteiger partial charge >= 0.3 is 0 Å². The van der Waals surface area contributed by atoms with Gasteiger partial charge in [0.2, 0.25) is 0 Å². The summed E-state index contributed by atoms with van der Waals surface area (Å²) in [6, 6.07) is 5.56. The Morgan fingerprint density at radius 2 is 2.36 bits per heavy atom. The Kier molecular flexibility index (Phi) is 2.25. The molecule has 1 aliphatic carbocycles. The molecule has 2 rings (SSSR count). The van der Waals surface area contributed by atoms with Crippen molar-refractivity contribution in [2.24, 2.45) is 5.73 Å². The van der Waals surface area contributed by atoms with E-state index in [2.05, 4.69) is 0 Å². The summed E-state index contributed by atoms with van der Waals surface area (Å²) in [5.41, 5.74) is 7.39. The van der Waals surface area contributed by atoms with E-state index in [1.165, 1.54) is 0 Å². The van der Waals surface area contributed by atoms with Crippen molar-refractivity contribution in [3.05, 3.63) is 29.3 Å². The van der Waals surface area contributed by atoms with Crippen LogP contribution in [0.5, 0.6) is 5.75 Å². The maximum absolute atomic E-state index is 11.6. The van der Waals surface area contributed by atoms with Crippen LogP contribution in [0.25, 0.3) is 0 Å². The largest absolute Gasteiger partial charge is 0.496 e. The molecule has 14 heavy (non-hydrogen) atoms. The zero-order valence-corrected chi connectivity index (χ0v) is 8.12. The molecule has 1 aromatic carbocycles. The molecule has 3 nitrogen and oxygen atoms in total. The minimum absolute atomic E-state index is 0.133. The van der Waals surface area contributed by atoms with Crippen molar-refractivity contribution < 1.29 is 9.53 Å². The van der Waals surface area contributed by atoms with E-state index in [0.717, 1.165) is 16.9 Å². The summed E-state index contributed by atoms with van der Waals surface area (Å²) in [7, 11) is 1.62. The Labute approximate surface area is 82.9 Å². The van der Waals surface area contributed by atoms with E-state index in [-0.39, 0.29) is 11.7 Å². The van der Waals surface area contributed by atoms with Crippen molar-refractivity contribution in [1.29, 1.82) is 0 Å². The van der Waals surface area contributed by atoms with Crippen LogP contribution in [0.2, 0.25) is 0 Å². The van der Waals surface area contributed by atoms with E-state index in [1.807, 2.05) is 18.2 Å². The van der Waals surface area contributed by atoms with Crippen LogP contribution in [0.3, 0.4) is 0 Å². The molecule has 0 radical (unpaired) electrons. The molecule has 0 amide bonds. The summed E-state index contributed by atoms with van der Waals surface area (Å²) in [5, 5.41) is 0. The van der Waals surface area contributed by atoms with Crippen molar-refractivity contribution in [1.82, 2.24) is 0 Å². The molecule has 0 bridgehead atoms. The molecular weight excluding hydrogens is 178 g/mol. The van der Waals surface area contributed by atoms with Crippen molar-refractivity contribution in [3.63, 3.8) is 0 Å². The molecule has 1 aliphatic rings. The number of hydrogen-bond donors (Lipinski definition) is 1. The van der Waals surface area contributed by atoms with Gasteiger partial charge in [-0.25, -0.2) is 0 Å². The van der Waals surface area contributed by atoms with E-state index in [1.54, 1.807) is 7.11 Å². The third kappa shape index (κ3) is 1.21. The average molecular weight is 191 g/mol. The Bertz CT molecular complexity index is 374. The molecule has 3 heteroatoms. The van der Waals surface area contributed by atoms with E-state index in [4.69, 9.17) is 10.5 Å². The lowest BCUT2D eigenvalue weighted by Gasteiger charge is -2.11. The van der Waals surface area contributed by atoms with Gasteiger partial charge < -0.3 is 10.5 Å². The third-order valence-corrected chi connectivity index (χ3v) is 2.71. The summed E-state index contributed by atoms with van der Waals surface area (Å²) in [5.74, 6) is 1.09. The molecule has 0 spiro atoms. The van der Waals surface area contributed by atoms with Gasteiger partial charge in [-0.3, -0.25) is 4.79 Å². The highest BCUT2D eigenvalue weighted by atomic mass is 16.5. The third-order valence-electron chi connectivity index (χ3n) is 2.71. The molecule has 74 valence electrons. The molecule has 0 fully saturated rings. The molecule has 1 atom stereocenters. The fourth-order valence-corrected chi connectivity index (χ4v) is 2.02. The van der Waals surface area contributed by atoms with Gasteiger partial charge in [0.25, 0.3) is 0 Å². The van der Waals surface area contributed by atoms with Gasteiger partial charge in [-0.2, -0.15) is 0 Å². The van der Waals surface area contributed by atoms with Crippen LogP contribution >= 0.6 is 0 Å². The Hall–Kier alpha value is -1.35. The van der Waals surface area contributed by atoms with E-state index in [9.17, 15) is 4.79 Å². The van der Waals surface area contributed by atoms with Gasteiger partial charge in [0, 0.05) is 23.5 Å². The number of carbonyl (C=O) groups excluding carboxylic acids is 1. The van der Waals surface area contributed by atoms with Crippen molar-refractivity contribution in [2.75, 3.05) is 13.7 Å². The number of Topliss-reactive ketones (excluding diaryl/α,β-unsaturated/α-hetero) is 1. The lowest BCUT2D eigenvalue weighted by Crippen LogP contribution is -2.10. The number of hydrogen-bond acceptors (Lipinski definition) is 3. The van der Waals surface area contributed by atoms with Gasteiger partial charge in [0.15, 0.2) is 5.78 Å². The van der Waals surface area contributed by atoms with Crippen LogP contribution in [0.15, 0.2) is 18.2 Å². The molecule has 1 unspecified atom stereocenters. The average Bonchev–Trinajstić information content (AvgIpc) is 2.56. The predicted octanol–water partition coefficient (Wildman–Crippen LogP) is 1.32. The Morgan fingerprint density at radius 1 is 1.57 bits per heavy atom. The summed E-state index contributed by atoms with van der Waals surface area (Å²) in [6.45, 7) is 0.499. The smallest absolute Gasteiger partial charge is 0.163 e. The second-order valence-corrected chi connectivity index (χ2v) is 3.48. The van der Waals surface area contributed by atoms with E-state index >= 15 is 0 Å². The summed E-state index contributed by atoms with van der Waals surface area (Å²) >= 11 is 0. The summed E-state index contributed by atoms with van der Waals surface area (Å²) in [6.07, 6.45) is 0.520. The highest BCUT2D eigenvalue weighted by Crippen LogP contribution is 2.38. The van der Waals surface area contributed by atoms with Gasteiger partial charge in [-0.15, -0.1) is 0 Å². The highest BCUT2D eigenvalue weighted by molar-refractivity contribution is 6.02. The van der Waals surface area contributed by atoms with Crippen LogP contribution < -0.4 is 10.5 Å². The second-order valence-electron chi connectivity index (χ2n) is 3.48. The number of fused-ring (bicyclic) bond motifs is 1. The number of methoxy groups -OCH3 is 1. The molecule has 1 aromatic rings. The van der Waals surface area contributed by atoms with Crippen molar-refractivity contribution in [3.8, 4) is 5.75 Å². The van der Waals surface area contributed by atoms with Crippen LogP contribution in [0, 0.1) is 0 Å². The fourth-order valence-electron chi connectivity index (χ4n) is 2.02. The predicted molar refractivity (Wildman–Crippen MR) is 53.7 cm³/mol. The zero-order valence-electron chi connectivity index (χ0n) is 8.12. The molecular formula is C11H13NO2. The Morgan fingerprint density at radius 3 is 3.00 bits per heavy atom. The van der Waals surface area contributed by atoms with Gasteiger partial charge in [0.1, 0.15) is 5.75 Å². The quantitative estimate of drug-likeness (QED) is 0.767. The van der Waals surface area contributed by atoms with Gasteiger partial charge in [-0.05, 0) is 12.6 Å². The lowest BCUT2D eigenvalue weighted by atomic mass is 10.0. The first-order valence-electron chi connectivity index (χ1n) is 4.68. The van der Waals surface area contributed by atoms with Gasteiger partial charge in [-0.1, -0.05) is 12.1 Å². The number of benzene rings is 1. The van der Waals surface area contributed by atoms with Crippen LogP contribution in [0.4, 0.5) is 0 Å². The van der Waals surface area contributed by atoms with E-state index < -0.39 is 0 Å². The normalized spacial score (nSPS) is 19.6. The first kappa shape index (κ1) is 9.21. The van der Waals surface area contributed by atoms with Crippen LogP contribution in [-0.2, 0) is 0 Å². The molecule has 0 saturated carbocycles. The maximum Gasteiger partial charge on any atom is 0.163 e. The minimum Gasteiger partial charge on any atom is -0.496 e. The lowest BCUT2D eigenvalue weighted by molar-refractivity contribution is 0.0989. The number of nitrogens with two attached hydrogens (primary N) is 1. The summed E-state index contributed by atoms with van der Waals surface area (Å²) < 4.78 is 5.23. The maximum atomic E-state index is 11.6. The number of carbonyl (C=O) groups is 1. The molecule has 0 heterocycles. The van der Waals surface area contributed by atoms with Crippen molar-refractivity contribution in [2.45, 2.75) is 12.3 Å².